The molecule has 2 aromatic rings. The lowest BCUT2D eigenvalue weighted by Gasteiger charge is -2.26. The van der Waals surface area contributed by atoms with Crippen molar-refractivity contribution in [1.29, 1.82) is 0 Å². The van der Waals surface area contributed by atoms with Gasteiger partial charge in [0.05, 0.1) is 6.04 Å². The molecule has 0 saturated heterocycles. The minimum Gasteiger partial charge on any atom is -0.508 e. The number of phenolic OH excluding ortho intramolecular Hbond substituents is 1. The topological polar surface area (TPSA) is 45.5 Å². The summed E-state index contributed by atoms with van der Waals surface area (Å²) in [4.78, 5) is 14.4. The number of benzene rings is 1. The van der Waals surface area contributed by atoms with Crippen molar-refractivity contribution in [1.82, 2.24) is 9.47 Å². The Labute approximate surface area is 125 Å². The molecule has 0 fully saturated rings. The van der Waals surface area contributed by atoms with Gasteiger partial charge in [-0.25, -0.2) is 0 Å². The van der Waals surface area contributed by atoms with E-state index in [1.165, 1.54) is 0 Å². The van der Waals surface area contributed by atoms with Crippen molar-refractivity contribution in [3.63, 3.8) is 0 Å². The third kappa shape index (κ3) is 3.10. The Hall–Kier alpha value is -2.23. The number of phenols is 1. The normalized spacial score (nSPS) is 12.4. The summed E-state index contributed by atoms with van der Waals surface area (Å²) in [6.45, 7) is 6.09. The molecule has 0 radical (unpaired) electrons. The second-order valence-corrected chi connectivity index (χ2v) is 5.58. The van der Waals surface area contributed by atoms with E-state index in [0.29, 0.717) is 5.69 Å². The second kappa shape index (κ2) is 6.04. The van der Waals surface area contributed by atoms with Crippen molar-refractivity contribution >= 4 is 5.91 Å². The highest BCUT2D eigenvalue weighted by atomic mass is 16.3. The van der Waals surface area contributed by atoms with Gasteiger partial charge in [0.25, 0.3) is 5.91 Å². The van der Waals surface area contributed by atoms with Gasteiger partial charge < -0.3 is 14.6 Å². The summed E-state index contributed by atoms with van der Waals surface area (Å²) in [5.41, 5.74) is 1.68. The molecular weight excluding hydrogens is 264 g/mol. The van der Waals surface area contributed by atoms with Gasteiger partial charge in [-0.1, -0.05) is 12.1 Å². The SMILES string of the molecule is CC(c1ccc(O)cc1)N(C)C(=O)c1cccn1C(C)C. The maximum atomic E-state index is 12.7. The number of aromatic nitrogens is 1. The van der Waals surface area contributed by atoms with Gasteiger partial charge in [-0.3, -0.25) is 4.79 Å². The molecule has 4 nitrogen and oxygen atoms in total. The predicted molar refractivity (Wildman–Crippen MR) is 83.4 cm³/mol. The van der Waals surface area contributed by atoms with Crippen molar-refractivity contribution in [2.75, 3.05) is 7.05 Å². The molecule has 21 heavy (non-hydrogen) atoms. The van der Waals surface area contributed by atoms with E-state index in [2.05, 4.69) is 13.8 Å². The lowest BCUT2D eigenvalue weighted by Crippen LogP contribution is -2.31. The Bertz CT molecular complexity index is 614. The number of aromatic hydroxyl groups is 1. The zero-order valence-corrected chi connectivity index (χ0v) is 12.9. The van der Waals surface area contributed by atoms with Gasteiger partial charge in [0.1, 0.15) is 11.4 Å². The van der Waals surface area contributed by atoms with E-state index >= 15 is 0 Å². The Kier molecular flexibility index (Phi) is 4.36. The fourth-order valence-corrected chi connectivity index (χ4v) is 2.36. The van der Waals surface area contributed by atoms with Crippen LogP contribution in [-0.2, 0) is 0 Å². The van der Waals surface area contributed by atoms with Crippen LogP contribution in [0.15, 0.2) is 42.6 Å². The molecule has 0 aliphatic rings. The van der Waals surface area contributed by atoms with Gasteiger partial charge >= 0.3 is 0 Å². The number of hydrogen-bond acceptors (Lipinski definition) is 2. The smallest absolute Gasteiger partial charge is 0.270 e. The molecule has 112 valence electrons. The first-order valence-corrected chi connectivity index (χ1v) is 7.14. The molecule has 1 atom stereocenters. The predicted octanol–water partition coefficient (Wildman–Crippen LogP) is 3.61. The Morgan fingerprint density at radius 1 is 1.14 bits per heavy atom. The first-order chi connectivity index (χ1) is 9.91. The van der Waals surface area contributed by atoms with Gasteiger partial charge in [0.2, 0.25) is 0 Å². The summed E-state index contributed by atoms with van der Waals surface area (Å²) >= 11 is 0. The van der Waals surface area contributed by atoms with Crippen molar-refractivity contribution in [2.24, 2.45) is 0 Å². The summed E-state index contributed by atoms with van der Waals surface area (Å²) in [7, 11) is 1.80. The van der Waals surface area contributed by atoms with Crippen LogP contribution in [0.25, 0.3) is 0 Å². The zero-order chi connectivity index (χ0) is 15.6. The molecule has 0 aliphatic heterocycles. The number of carbonyl (C=O) groups excluding carboxylic acids is 1. The average Bonchev–Trinajstić information content (AvgIpc) is 2.95. The summed E-state index contributed by atoms with van der Waals surface area (Å²) in [6.07, 6.45) is 1.93. The molecule has 0 saturated carbocycles. The van der Waals surface area contributed by atoms with Crippen LogP contribution < -0.4 is 0 Å². The van der Waals surface area contributed by atoms with Crippen molar-refractivity contribution in [3.8, 4) is 5.75 Å². The largest absolute Gasteiger partial charge is 0.508 e. The maximum absolute atomic E-state index is 12.7. The molecule has 1 aromatic carbocycles. The number of amides is 1. The van der Waals surface area contributed by atoms with Gasteiger partial charge in [-0.05, 0) is 50.6 Å². The third-order valence-electron chi connectivity index (χ3n) is 3.83. The van der Waals surface area contributed by atoms with Gasteiger partial charge in [0, 0.05) is 19.3 Å². The zero-order valence-electron chi connectivity index (χ0n) is 12.9. The van der Waals surface area contributed by atoms with Crippen molar-refractivity contribution < 1.29 is 9.90 Å². The van der Waals surface area contributed by atoms with E-state index in [1.807, 2.05) is 42.0 Å². The molecule has 1 amide bonds. The fraction of sp³-hybridized carbons (Fsp3) is 0.353. The fourth-order valence-electron chi connectivity index (χ4n) is 2.36. The highest BCUT2D eigenvalue weighted by Crippen LogP contribution is 2.23. The molecule has 2 rings (SSSR count). The molecule has 1 heterocycles. The molecule has 0 bridgehead atoms. The van der Waals surface area contributed by atoms with Crippen molar-refractivity contribution in [3.05, 3.63) is 53.9 Å². The molecule has 4 heteroatoms. The van der Waals surface area contributed by atoms with E-state index in [9.17, 15) is 9.90 Å². The van der Waals surface area contributed by atoms with E-state index < -0.39 is 0 Å². The number of carbonyl (C=O) groups is 1. The number of rotatable bonds is 4. The summed E-state index contributed by atoms with van der Waals surface area (Å²) in [5.74, 6) is 0.225. The number of nitrogens with zero attached hydrogens (tertiary/aromatic N) is 2. The maximum Gasteiger partial charge on any atom is 0.270 e. The van der Waals surface area contributed by atoms with Crippen LogP contribution in [0.3, 0.4) is 0 Å². The second-order valence-electron chi connectivity index (χ2n) is 5.58. The molecular formula is C17H22N2O2. The van der Waals surface area contributed by atoms with Gasteiger partial charge in [-0.2, -0.15) is 0 Å². The first-order valence-electron chi connectivity index (χ1n) is 7.14. The summed E-state index contributed by atoms with van der Waals surface area (Å²) in [5, 5.41) is 9.35. The molecule has 1 N–H and O–H groups in total. The standard InChI is InChI=1S/C17H22N2O2/c1-12(2)19-11-5-6-16(19)17(21)18(4)13(3)14-7-9-15(20)10-8-14/h5-13,20H,1-4H3. The molecule has 1 aromatic heterocycles. The highest BCUT2D eigenvalue weighted by Gasteiger charge is 2.21. The highest BCUT2D eigenvalue weighted by molar-refractivity contribution is 5.93. The van der Waals surface area contributed by atoms with Crippen molar-refractivity contribution in [2.45, 2.75) is 32.9 Å². The first kappa shape index (κ1) is 15.2. The number of hydrogen-bond donors (Lipinski definition) is 1. The summed E-state index contributed by atoms with van der Waals surface area (Å²) in [6, 6.07) is 10.9. The Morgan fingerprint density at radius 3 is 2.33 bits per heavy atom. The van der Waals surface area contributed by atoms with Crippen LogP contribution >= 0.6 is 0 Å². The molecule has 1 unspecified atom stereocenters. The molecule has 0 aliphatic carbocycles. The minimum atomic E-state index is -0.0615. The van der Waals surface area contributed by atoms with Gasteiger partial charge in [-0.15, -0.1) is 0 Å². The quantitative estimate of drug-likeness (QED) is 0.933. The lowest BCUT2D eigenvalue weighted by molar-refractivity contribution is 0.0730. The van der Waals surface area contributed by atoms with Crippen LogP contribution in [0.2, 0.25) is 0 Å². The Balaban J connectivity index is 2.22. The molecule has 0 spiro atoms. The monoisotopic (exact) mass is 286 g/mol. The van der Waals surface area contributed by atoms with E-state index in [4.69, 9.17) is 0 Å². The van der Waals surface area contributed by atoms with Crippen LogP contribution in [0, 0.1) is 0 Å². The van der Waals surface area contributed by atoms with E-state index in [-0.39, 0.29) is 23.7 Å². The van der Waals surface area contributed by atoms with Crippen LogP contribution in [0.4, 0.5) is 0 Å². The third-order valence-corrected chi connectivity index (χ3v) is 3.83. The minimum absolute atomic E-state index is 0.00530. The van der Waals surface area contributed by atoms with Gasteiger partial charge in [0.15, 0.2) is 0 Å². The van der Waals surface area contributed by atoms with Crippen LogP contribution in [0.5, 0.6) is 5.75 Å². The van der Waals surface area contributed by atoms with E-state index in [0.717, 1.165) is 5.56 Å². The lowest BCUT2D eigenvalue weighted by atomic mass is 10.1. The van der Waals surface area contributed by atoms with E-state index in [1.54, 1.807) is 24.1 Å². The average molecular weight is 286 g/mol. The Morgan fingerprint density at radius 2 is 1.76 bits per heavy atom. The van der Waals surface area contributed by atoms with Crippen LogP contribution in [0.1, 0.15) is 48.9 Å². The summed E-state index contributed by atoms with van der Waals surface area (Å²) < 4.78 is 1.97. The van der Waals surface area contributed by atoms with Crippen LogP contribution in [-0.4, -0.2) is 27.5 Å².